The molecule has 0 fully saturated rings. The molecule has 0 aliphatic rings. The van der Waals surface area contributed by atoms with Gasteiger partial charge in [-0.15, -0.1) is 0 Å². The highest BCUT2D eigenvalue weighted by Crippen LogP contribution is 2.28. The van der Waals surface area contributed by atoms with E-state index < -0.39 is 0 Å². The maximum absolute atomic E-state index is 5.66. The van der Waals surface area contributed by atoms with Gasteiger partial charge in [0.15, 0.2) is 0 Å². The Kier molecular flexibility index (Phi) is 4.94. The molecular weight excluding hydrogens is 274 g/mol. The fraction of sp³-hybridized carbons (Fsp3) is 0.222. The van der Waals surface area contributed by atoms with Crippen molar-refractivity contribution >= 4 is 18.1 Å². The number of rotatable bonds is 6. The van der Waals surface area contributed by atoms with Gasteiger partial charge < -0.3 is 10.5 Å². The summed E-state index contributed by atoms with van der Waals surface area (Å²) < 4.78 is 5.46. The van der Waals surface area contributed by atoms with Crippen molar-refractivity contribution in [3.8, 4) is 5.75 Å². The molecule has 0 aliphatic carbocycles. The van der Waals surface area contributed by atoms with Crippen LogP contribution in [0.1, 0.15) is 34.9 Å². The molecule has 2 rings (SSSR count). The standard InChI is InChI=1S/C18H21N3O/c1-5-13-8-12(10-17(22-4)15(13)6-2)9-14-11-20-18(19)21-16(14)7-3/h5-6,8,10-11H,1-2,7,9H2,3-4H3,(H2,19,20,21). The summed E-state index contributed by atoms with van der Waals surface area (Å²) in [4.78, 5) is 8.41. The van der Waals surface area contributed by atoms with Crippen molar-refractivity contribution in [2.45, 2.75) is 19.8 Å². The number of ether oxygens (including phenoxy) is 1. The number of benzene rings is 1. The highest BCUT2D eigenvalue weighted by molar-refractivity contribution is 5.70. The smallest absolute Gasteiger partial charge is 0.220 e. The van der Waals surface area contributed by atoms with Crippen molar-refractivity contribution in [2.75, 3.05) is 12.8 Å². The maximum Gasteiger partial charge on any atom is 0.220 e. The molecule has 0 spiro atoms. The second kappa shape index (κ2) is 6.89. The molecule has 4 nitrogen and oxygen atoms in total. The van der Waals surface area contributed by atoms with Gasteiger partial charge >= 0.3 is 0 Å². The molecule has 1 heterocycles. The van der Waals surface area contributed by atoms with Crippen molar-refractivity contribution < 1.29 is 4.74 Å². The average molecular weight is 295 g/mol. The Labute approximate surface area is 131 Å². The minimum absolute atomic E-state index is 0.312. The van der Waals surface area contributed by atoms with Crippen LogP contribution in [0.15, 0.2) is 31.5 Å². The molecular formula is C18H21N3O. The summed E-state index contributed by atoms with van der Waals surface area (Å²) in [7, 11) is 1.66. The van der Waals surface area contributed by atoms with Crippen LogP contribution in [0.2, 0.25) is 0 Å². The first-order valence-corrected chi connectivity index (χ1v) is 7.19. The van der Waals surface area contributed by atoms with E-state index in [1.165, 1.54) is 0 Å². The molecule has 4 heteroatoms. The maximum atomic E-state index is 5.66. The first kappa shape index (κ1) is 15.8. The van der Waals surface area contributed by atoms with E-state index in [2.05, 4.69) is 36.1 Å². The van der Waals surface area contributed by atoms with Gasteiger partial charge in [-0.2, -0.15) is 0 Å². The molecule has 0 unspecified atom stereocenters. The Morgan fingerprint density at radius 1 is 1.27 bits per heavy atom. The second-order valence-corrected chi connectivity index (χ2v) is 4.94. The monoisotopic (exact) mass is 295 g/mol. The lowest BCUT2D eigenvalue weighted by Gasteiger charge is -2.13. The van der Waals surface area contributed by atoms with Gasteiger partial charge in [-0.3, -0.25) is 0 Å². The van der Waals surface area contributed by atoms with E-state index in [9.17, 15) is 0 Å². The molecule has 114 valence electrons. The number of aromatic nitrogens is 2. The van der Waals surface area contributed by atoms with Crippen molar-refractivity contribution in [1.82, 2.24) is 9.97 Å². The predicted octanol–water partition coefficient (Wildman–Crippen LogP) is 3.51. The van der Waals surface area contributed by atoms with Crippen LogP contribution in [0.5, 0.6) is 5.75 Å². The normalized spacial score (nSPS) is 10.3. The Morgan fingerprint density at radius 3 is 2.64 bits per heavy atom. The minimum Gasteiger partial charge on any atom is -0.496 e. The fourth-order valence-electron chi connectivity index (χ4n) is 2.50. The Hall–Kier alpha value is -2.62. The number of aryl methyl sites for hydroxylation is 1. The molecule has 0 amide bonds. The molecule has 1 aromatic carbocycles. The molecule has 0 aliphatic heterocycles. The van der Waals surface area contributed by atoms with Crippen molar-refractivity contribution in [1.29, 1.82) is 0 Å². The summed E-state index contributed by atoms with van der Waals surface area (Å²) in [6.07, 6.45) is 6.92. The quantitative estimate of drug-likeness (QED) is 0.886. The summed E-state index contributed by atoms with van der Waals surface area (Å²) in [5, 5.41) is 0. The molecule has 0 radical (unpaired) electrons. The van der Waals surface area contributed by atoms with Gasteiger partial charge in [0.05, 0.1) is 7.11 Å². The van der Waals surface area contributed by atoms with Crippen molar-refractivity contribution in [3.63, 3.8) is 0 Å². The lowest BCUT2D eigenvalue weighted by molar-refractivity contribution is 0.413. The van der Waals surface area contributed by atoms with Crippen LogP contribution >= 0.6 is 0 Å². The first-order valence-electron chi connectivity index (χ1n) is 7.19. The average Bonchev–Trinajstić information content (AvgIpc) is 2.55. The summed E-state index contributed by atoms with van der Waals surface area (Å²) in [5.74, 6) is 1.10. The molecule has 2 aromatic rings. The highest BCUT2D eigenvalue weighted by atomic mass is 16.5. The van der Waals surface area contributed by atoms with E-state index >= 15 is 0 Å². The van der Waals surface area contributed by atoms with Gasteiger partial charge in [0.1, 0.15) is 5.75 Å². The van der Waals surface area contributed by atoms with E-state index in [4.69, 9.17) is 10.5 Å². The Morgan fingerprint density at radius 2 is 2.05 bits per heavy atom. The molecule has 0 saturated carbocycles. The summed E-state index contributed by atoms with van der Waals surface area (Å²) in [6, 6.07) is 4.10. The minimum atomic E-state index is 0.312. The van der Waals surface area contributed by atoms with E-state index in [-0.39, 0.29) is 0 Å². The number of nitrogen functional groups attached to an aromatic ring is 1. The van der Waals surface area contributed by atoms with Gasteiger partial charge in [0, 0.05) is 23.9 Å². The second-order valence-electron chi connectivity index (χ2n) is 4.94. The molecule has 0 atom stereocenters. The third kappa shape index (κ3) is 3.17. The van der Waals surface area contributed by atoms with E-state index in [0.717, 1.165) is 46.5 Å². The predicted molar refractivity (Wildman–Crippen MR) is 91.8 cm³/mol. The number of methoxy groups -OCH3 is 1. The zero-order valence-electron chi connectivity index (χ0n) is 13.1. The first-order chi connectivity index (χ1) is 10.6. The van der Waals surface area contributed by atoms with Crippen LogP contribution in [0.25, 0.3) is 12.2 Å². The van der Waals surface area contributed by atoms with E-state index in [1.54, 1.807) is 19.4 Å². The van der Waals surface area contributed by atoms with Crippen LogP contribution < -0.4 is 10.5 Å². The van der Waals surface area contributed by atoms with Gasteiger partial charge in [0.25, 0.3) is 0 Å². The molecule has 0 saturated heterocycles. The van der Waals surface area contributed by atoms with Gasteiger partial charge in [-0.25, -0.2) is 9.97 Å². The number of anilines is 1. The third-order valence-corrected chi connectivity index (χ3v) is 3.58. The summed E-state index contributed by atoms with van der Waals surface area (Å²) in [6.45, 7) is 9.76. The van der Waals surface area contributed by atoms with Crippen molar-refractivity contribution in [3.05, 3.63) is 59.4 Å². The number of hydrogen-bond acceptors (Lipinski definition) is 4. The SMILES string of the molecule is C=Cc1cc(Cc2cnc(N)nc2CC)cc(OC)c1C=C. The summed E-state index contributed by atoms with van der Waals surface area (Å²) in [5.41, 5.74) is 10.8. The van der Waals surface area contributed by atoms with Crippen LogP contribution in [0.4, 0.5) is 5.95 Å². The van der Waals surface area contributed by atoms with Crippen LogP contribution in [-0.2, 0) is 12.8 Å². The Bertz CT molecular complexity index is 708. The van der Waals surface area contributed by atoms with Crippen LogP contribution in [0, 0.1) is 0 Å². The van der Waals surface area contributed by atoms with Crippen molar-refractivity contribution in [2.24, 2.45) is 0 Å². The summed E-state index contributed by atoms with van der Waals surface area (Å²) >= 11 is 0. The Balaban J connectivity index is 2.46. The number of nitrogens with zero attached hydrogens (tertiary/aromatic N) is 2. The molecule has 0 bridgehead atoms. The topological polar surface area (TPSA) is 61.0 Å². The largest absolute Gasteiger partial charge is 0.496 e. The zero-order valence-corrected chi connectivity index (χ0v) is 13.1. The van der Waals surface area contributed by atoms with Gasteiger partial charge in [0.2, 0.25) is 5.95 Å². The lowest BCUT2D eigenvalue weighted by atomic mass is 9.97. The molecule has 1 aromatic heterocycles. The zero-order chi connectivity index (χ0) is 16.1. The van der Waals surface area contributed by atoms with Gasteiger partial charge in [-0.05, 0) is 29.2 Å². The van der Waals surface area contributed by atoms with E-state index in [1.807, 2.05) is 12.1 Å². The lowest BCUT2D eigenvalue weighted by Crippen LogP contribution is -2.04. The van der Waals surface area contributed by atoms with Gasteiger partial charge in [-0.1, -0.05) is 38.3 Å². The molecule has 2 N–H and O–H groups in total. The van der Waals surface area contributed by atoms with E-state index in [0.29, 0.717) is 5.95 Å². The highest BCUT2D eigenvalue weighted by Gasteiger charge is 2.10. The van der Waals surface area contributed by atoms with Crippen LogP contribution in [0.3, 0.4) is 0 Å². The van der Waals surface area contributed by atoms with Crippen LogP contribution in [-0.4, -0.2) is 17.1 Å². The number of hydrogen-bond donors (Lipinski definition) is 1. The molecule has 22 heavy (non-hydrogen) atoms. The third-order valence-electron chi connectivity index (χ3n) is 3.58. The fourth-order valence-corrected chi connectivity index (χ4v) is 2.50. The number of nitrogens with two attached hydrogens (primary N) is 1.